The van der Waals surface area contributed by atoms with E-state index in [1.165, 1.54) is 38.5 Å². The van der Waals surface area contributed by atoms with Crippen molar-refractivity contribution >= 4 is 74.1 Å². The number of halogens is 8. The number of phenols is 1. The van der Waals surface area contributed by atoms with Crippen LogP contribution in [-0.2, 0) is 19.2 Å². The lowest BCUT2D eigenvalue weighted by atomic mass is 9.56. The van der Waals surface area contributed by atoms with Gasteiger partial charge in [0.2, 0.25) is 23.4 Å². The fourth-order valence-electron chi connectivity index (χ4n) is 7.87. The van der Waals surface area contributed by atoms with Crippen LogP contribution in [0.2, 0.25) is 0 Å². The minimum atomic E-state index is -2.76. The van der Waals surface area contributed by atoms with Crippen LogP contribution in [0.25, 0.3) is 0 Å². The largest absolute Gasteiger partial charge is 0.502 e. The van der Waals surface area contributed by atoms with Gasteiger partial charge in [0.25, 0.3) is 11.8 Å². The van der Waals surface area contributed by atoms with Crippen LogP contribution in [0.15, 0.2) is 52.5 Å². The van der Waals surface area contributed by atoms with Gasteiger partial charge in [0, 0.05) is 10.4 Å². The highest BCUT2D eigenvalue weighted by molar-refractivity contribution is 9.10. The Bertz CT molecular complexity index is 2080. The molecule has 51 heavy (non-hydrogen) atoms. The maximum atomic E-state index is 15.3. The second-order valence-corrected chi connectivity index (χ2v) is 14.6. The van der Waals surface area contributed by atoms with Crippen molar-refractivity contribution in [1.29, 1.82) is 0 Å². The van der Waals surface area contributed by atoms with Crippen molar-refractivity contribution in [2.24, 2.45) is 17.8 Å². The molecule has 2 saturated heterocycles. The highest BCUT2D eigenvalue weighted by atomic mass is 79.9. The molecule has 9 nitrogen and oxygen atoms in total. The molecule has 2 aliphatic carbocycles. The molecule has 0 spiro atoms. The molecule has 266 valence electrons. The highest BCUT2D eigenvalue weighted by Gasteiger charge is 2.77. The predicted octanol–water partition coefficient (Wildman–Crippen LogP) is 6.64. The van der Waals surface area contributed by atoms with E-state index in [-0.39, 0.29) is 39.6 Å². The van der Waals surface area contributed by atoms with Gasteiger partial charge in [-0.15, -0.1) is 23.2 Å². The molecule has 6 unspecified atom stereocenters. The number of carbonyl (C=O) groups is 4. The van der Waals surface area contributed by atoms with Gasteiger partial charge in [0.15, 0.2) is 44.5 Å². The summed E-state index contributed by atoms with van der Waals surface area (Å²) >= 11 is 17.6. The van der Waals surface area contributed by atoms with Crippen LogP contribution in [-0.4, -0.2) is 52.7 Å². The van der Waals surface area contributed by atoms with Crippen molar-refractivity contribution in [3.05, 3.63) is 87.2 Å². The molecule has 3 aromatic carbocycles. The monoisotopic (exact) mass is 814 g/mol. The number of fused-ring (bicyclic) bond motifs is 4. The van der Waals surface area contributed by atoms with Gasteiger partial charge in [0.05, 0.1) is 31.7 Å². The normalized spacial score (nSPS) is 28.5. The first-order chi connectivity index (χ1) is 24.0. The zero-order valence-electron chi connectivity index (χ0n) is 26.1. The molecule has 1 N–H and O–H groups in total. The number of phenolic OH excluding ortho intramolecular Hbond substituents is 1. The third-order valence-electron chi connectivity index (χ3n) is 10.1. The molecule has 0 bridgehead atoms. The Kier molecular flexibility index (Phi) is 8.23. The molecule has 2 aliphatic heterocycles. The first kappa shape index (κ1) is 35.2. The van der Waals surface area contributed by atoms with E-state index in [0.717, 1.165) is 4.90 Å². The maximum Gasteiger partial charge on any atom is 0.258 e. The molecule has 2 heterocycles. The van der Waals surface area contributed by atoms with E-state index in [9.17, 15) is 37.5 Å². The minimum absolute atomic E-state index is 0.00197. The number of hydrogen-bond acceptors (Lipinski definition) is 7. The first-order valence-electron chi connectivity index (χ1n) is 15.1. The first-order valence-corrected chi connectivity index (χ1v) is 16.7. The second-order valence-electron chi connectivity index (χ2n) is 12.5. The fraction of sp³-hybridized carbons (Fsp3) is 0.294. The number of ether oxygens (including phenoxy) is 2. The smallest absolute Gasteiger partial charge is 0.258 e. The molecule has 7 rings (SSSR count). The summed E-state index contributed by atoms with van der Waals surface area (Å²) < 4.78 is 84.8. The number of carbonyl (C=O) groups excluding carboxylic acids is 4. The lowest BCUT2D eigenvalue weighted by molar-refractivity contribution is -0.125. The quantitative estimate of drug-likeness (QED) is 0.0769. The van der Waals surface area contributed by atoms with Crippen LogP contribution < -0.4 is 19.3 Å². The number of nitrogens with zero attached hydrogens (tertiary/aromatic N) is 2. The third-order valence-corrected chi connectivity index (χ3v) is 12.1. The number of allylic oxidation sites excluding steroid dienone is 2. The summed E-state index contributed by atoms with van der Waals surface area (Å²) in [6, 6.07) is 8.78. The van der Waals surface area contributed by atoms with Crippen molar-refractivity contribution in [3.63, 3.8) is 0 Å². The van der Waals surface area contributed by atoms with Crippen LogP contribution >= 0.6 is 39.1 Å². The second kappa shape index (κ2) is 11.9. The average Bonchev–Trinajstić information content (AvgIpc) is 3.45. The van der Waals surface area contributed by atoms with Gasteiger partial charge in [-0.1, -0.05) is 27.6 Å². The molecule has 4 aliphatic rings. The van der Waals surface area contributed by atoms with Gasteiger partial charge in [-0.25, -0.2) is 26.9 Å². The Balaban J connectivity index is 1.46. The predicted molar refractivity (Wildman–Crippen MR) is 174 cm³/mol. The summed E-state index contributed by atoms with van der Waals surface area (Å²) in [6.45, 7) is 0. The SMILES string of the molecule is COc1cc(C2C3=CCC4C(=O)N(c5ccc(Br)cc5)C(=O)C4C3CC3(Cl)C(=O)N(c4c(F)c(F)c(F)c(F)c4F)C(=O)C23Cl)cc(OC)c1O. The number of methoxy groups -OCH3 is 2. The van der Waals surface area contributed by atoms with Crippen molar-refractivity contribution in [2.45, 2.75) is 28.5 Å². The lowest BCUT2D eigenvalue weighted by Crippen LogP contribution is -2.60. The summed E-state index contributed by atoms with van der Waals surface area (Å²) in [5.41, 5.74) is -1.42. The van der Waals surface area contributed by atoms with E-state index >= 15 is 8.78 Å². The number of amides is 4. The number of alkyl halides is 2. The van der Waals surface area contributed by atoms with Gasteiger partial charge < -0.3 is 14.6 Å². The lowest BCUT2D eigenvalue weighted by Gasteiger charge is -2.50. The van der Waals surface area contributed by atoms with Crippen LogP contribution in [0.1, 0.15) is 24.3 Å². The molecular weight excluding hydrogens is 794 g/mol. The van der Waals surface area contributed by atoms with Crippen molar-refractivity contribution < 1.29 is 55.7 Å². The van der Waals surface area contributed by atoms with Gasteiger partial charge >= 0.3 is 0 Å². The van der Waals surface area contributed by atoms with Gasteiger partial charge in [0.1, 0.15) is 5.69 Å². The van der Waals surface area contributed by atoms with E-state index < -0.39 is 104 Å². The maximum absolute atomic E-state index is 15.3. The van der Waals surface area contributed by atoms with Gasteiger partial charge in [-0.05, 0) is 60.7 Å². The topological polar surface area (TPSA) is 113 Å². The van der Waals surface area contributed by atoms with Crippen molar-refractivity contribution in [3.8, 4) is 17.2 Å². The molecule has 17 heteroatoms. The fourth-order valence-corrected chi connectivity index (χ4v) is 9.07. The molecule has 6 atom stereocenters. The van der Waals surface area contributed by atoms with E-state index in [4.69, 9.17) is 32.7 Å². The third kappa shape index (κ3) is 4.56. The molecular formula is C34H22BrCl2F5N2O7. The summed E-state index contributed by atoms with van der Waals surface area (Å²) in [5.74, 6) is -22.6. The number of aromatic hydroxyl groups is 1. The summed E-state index contributed by atoms with van der Waals surface area (Å²) in [7, 11) is 2.40. The molecule has 0 radical (unpaired) electrons. The van der Waals surface area contributed by atoms with Crippen LogP contribution in [0.4, 0.5) is 33.3 Å². The zero-order valence-corrected chi connectivity index (χ0v) is 29.2. The minimum Gasteiger partial charge on any atom is -0.502 e. The Hall–Kier alpha value is -4.21. The van der Waals surface area contributed by atoms with Crippen molar-refractivity contribution in [2.75, 3.05) is 24.0 Å². The standard InChI is InChI=1S/C34H22BrCl2F5N2O7/c1-50-18-9-12(10-19(51-2)28(18)45)21-15-7-8-16-20(30(47)43(29(16)46)14-5-3-13(35)4-6-14)17(15)11-33(36)31(48)44(32(49)34(21,33)37)27-25(41)23(39)22(38)24(40)26(27)42/h3-7,9-10,16-17,20-21,45H,8,11H2,1-2H3. The average molecular weight is 816 g/mol. The van der Waals surface area contributed by atoms with E-state index in [1.54, 1.807) is 18.2 Å². The van der Waals surface area contributed by atoms with E-state index in [0.29, 0.717) is 4.47 Å². The Morgan fingerprint density at radius 3 is 1.90 bits per heavy atom. The van der Waals surface area contributed by atoms with Gasteiger partial charge in [-0.2, -0.15) is 0 Å². The molecule has 3 aromatic rings. The van der Waals surface area contributed by atoms with Crippen molar-refractivity contribution in [1.82, 2.24) is 0 Å². The number of anilines is 2. The number of rotatable bonds is 5. The molecule has 0 aromatic heterocycles. The van der Waals surface area contributed by atoms with E-state index in [1.807, 2.05) is 0 Å². The van der Waals surface area contributed by atoms with Crippen LogP contribution in [0.3, 0.4) is 0 Å². The summed E-state index contributed by atoms with van der Waals surface area (Å²) in [4.78, 5) is 52.1. The van der Waals surface area contributed by atoms with Gasteiger partial charge in [-0.3, -0.25) is 24.1 Å². The van der Waals surface area contributed by atoms with E-state index in [2.05, 4.69) is 15.9 Å². The summed E-state index contributed by atoms with van der Waals surface area (Å²) in [6.07, 6.45) is 0.832. The van der Waals surface area contributed by atoms with Crippen LogP contribution in [0.5, 0.6) is 17.2 Å². The van der Waals surface area contributed by atoms with Crippen LogP contribution in [0, 0.1) is 46.8 Å². The highest BCUT2D eigenvalue weighted by Crippen LogP contribution is 2.66. The molecule has 4 amide bonds. The summed E-state index contributed by atoms with van der Waals surface area (Å²) in [5, 5.41) is 10.7. The number of benzene rings is 3. The molecule has 3 fully saturated rings. The Morgan fingerprint density at radius 1 is 0.804 bits per heavy atom. The zero-order chi connectivity index (χ0) is 37.1. The Morgan fingerprint density at radius 2 is 1.35 bits per heavy atom. The Labute approximate surface area is 303 Å². The number of hydrogen-bond donors (Lipinski definition) is 1. The molecule has 1 saturated carbocycles. The number of imide groups is 2.